The molecule has 0 spiro atoms. The summed E-state index contributed by atoms with van der Waals surface area (Å²) in [5.74, 6) is -1.06. The Labute approximate surface area is 146 Å². The fourth-order valence-corrected chi connectivity index (χ4v) is 2.01. The summed E-state index contributed by atoms with van der Waals surface area (Å²) in [5.41, 5.74) is 6.40. The summed E-state index contributed by atoms with van der Waals surface area (Å²) in [4.78, 5) is 35.6. The van der Waals surface area contributed by atoms with Crippen LogP contribution in [0.25, 0.3) is 0 Å². The lowest BCUT2D eigenvalue weighted by Crippen LogP contribution is -2.27. The zero-order chi connectivity index (χ0) is 18.6. The molecule has 2 aromatic rings. The highest BCUT2D eigenvalue weighted by molar-refractivity contribution is 6.06. The zero-order valence-corrected chi connectivity index (χ0v) is 14.4. The average Bonchev–Trinajstić information content (AvgIpc) is 2.54. The normalized spacial score (nSPS) is 10.8. The first-order valence-corrected chi connectivity index (χ1v) is 7.79. The van der Waals surface area contributed by atoms with Crippen LogP contribution in [0.5, 0.6) is 0 Å². The highest BCUT2D eigenvalue weighted by Crippen LogP contribution is 2.19. The molecule has 0 saturated carbocycles. The Morgan fingerprint density at radius 1 is 0.840 bits per heavy atom. The molecular weight excluding hydrogens is 318 g/mol. The second-order valence-electron chi connectivity index (χ2n) is 6.68. The molecule has 130 valence electrons. The first kappa shape index (κ1) is 18.2. The summed E-state index contributed by atoms with van der Waals surface area (Å²) in [6.07, 6.45) is 0. The number of anilines is 2. The Bertz CT molecular complexity index is 823. The van der Waals surface area contributed by atoms with Crippen LogP contribution in [0.4, 0.5) is 11.4 Å². The number of amides is 3. The van der Waals surface area contributed by atoms with Gasteiger partial charge in [-0.1, -0.05) is 32.9 Å². The summed E-state index contributed by atoms with van der Waals surface area (Å²) < 4.78 is 0. The summed E-state index contributed by atoms with van der Waals surface area (Å²) in [7, 11) is 0. The van der Waals surface area contributed by atoms with Crippen molar-refractivity contribution < 1.29 is 14.4 Å². The van der Waals surface area contributed by atoms with E-state index in [2.05, 4.69) is 10.6 Å². The molecule has 0 aliphatic heterocycles. The Morgan fingerprint density at radius 3 is 1.92 bits per heavy atom. The van der Waals surface area contributed by atoms with Gasteiger partial charge in [0.1, 0.15) is 0 Å². The van der Waals surface area contributed by atoms with Gasteiger partial charge in [-0.05, 0) is 36.4 Å². The van der Waals surface area contributed by atoms with Crippen LogP contribution in [-0.4, -0.2) is 17.7 Å². The van der Waals surface area contributed by atoms with Crippen molar-refractivity contribution in [3.05, 3.63) is 59.7 Å². The van der Waals surface area contributed by atoms with Gasteiger partial charge in [-0.25, -0.2) is 0 Å². The third-order valence-electron chi connectivity index (χ3n) is 3.47. The highest BCUT2D eigenvalue weighted by atomic mass is 16.2. The van der Waals surface area contributed by atoms with Crippen LogP contribution in [-0.2, 0) is 4.79 Å². The summed E-state index contributed by atoms with van der Waals surface area (Å²) in [6, 6.07) is 13.0. The number of nitrogens with two attached hydrogens (primary N) is 1. The fraction of sp³-hybridized carbons (Fsp3) is 0.211. The molecule has 2 rings (SSSR count). The number of rotatable bonds is 4. The van der Waals surface area contributed by atoms with E-state index in [0.717, 1.165) is 0 Å². The quantitative estimate of drug-likeness (QED) is 0.798. The van der Waals surface area contributed by atoms with Gasteiger partial charge in [-0.15, -0.1) is 0 Å². The molecule has 0 saturated heterocycles. The SMILES string of the molecule is CC(C)(C)C(=O)Nc1cccc(C(=O)Nc2cccc(C(N)=O)c2)c1. The van der Waals surface area contributed by atoms with E-state index in [1.54, 1.807) is 42.5 Å². The first-order chi connectivity index (χ1) is 11.7. The molecule has 0 bridgehead atoms. The van der Waals surface area contributed by atoms with Crippen LogP contribution in [0.1, 0.15) is 41.5 Å². The van der Waals surface area contributed by atoms with Gasteiger partial charge in [-0.2, -0.15) is 0 Å². The van der Waals surface area contributed by atoms with Gasteiger partial charge >= 0.3 is 0 Å². The Balaban J connectivity index is 2.15. The molecule has 0 aliphatic rings. The van der Waals surface area contributed by atoms with Crippen molar-refractivity contribution in [3.63, 3.8) is 0 Å². The van der Waals surface area contributed by atoms with Crippen LogP contribution in [0, 0.1) is 5.41 Å². The van der Waals surface area contributed by atoms with E-state index in [9.17, 15) is 14.4 Å². The van der Waals surface area contributed by atoms with Gasteiger partial charge in [0.25, 0.3) is 5.91 Å². The molecule has 0 atom stereocenters. The van der Waals surface area contributed by atoms with E-state index >= 15 is 0 Å². The average molecular weight is 339 g/mol. The topological polar surface area (TPSA) is 101 Å². The second-order valence-corrected chi connectivity index (χ2v) is 6.68. The molecular formula is C19H21N3O3. The first-order valence-electron chi connectivity index (χ1n) is 7.79. The van der Waals surface area contributed by atoms with Gasteiger partial charge < -0.3 is 16.4 Å². The van der Waals surface area contributed by atoms with Crippen LogP contribution >= 0.6 is 0 Å². The molecule has 3 amide bonds. The predicted molar refractivity (Wildman–Crippen MR) is 97.4 cm³/mol. The lowest BCUT2D eigenvalue weighted by atomic mass is 9.95. The minimum atomic E-state index is -0.567. The summed E-state index contributed by atoms with van der Waals surface area (Å²) in [6.45, 7) is 5.43. The second kappa shape index (κ2) is 7.17. The van der Waals surface area contributed by atoms with Crippen LogP contribution < -0.4 is 16.4 Å². The minimum Gasteiger partial charge on any atom is -0.366 e. The van der Waals surface area contributed by atoms with Gasteiger partial charge in [0, 0.05) is 27.9 Å². The Morgan fingerprint density at radius 2 is 1.36 bits per heavy atom. The third kappa shape index (κ3) is 4.91. The highest BCUT2D eigenvalue weighted by Gasteiger charge is 2.21. The van der Waals surface area contributed by atoms with E-state index in [0.29, 0.717) is 22.5 Å². The van der Waals surface area contributed by atoms with Crippen molar-refractivity contribution in [1.82, 2.24) is 0 Å². The third-order valence-corrected chi connectivity index (χ3v) is 3.47. The van der Waals surface area contributed by atoms with Crippen molar-refractivity contribution in [1.29, 1.82) is 0 Å². The van der Waals surface area contributed by atoms with E-state index in [-0.39, 0.29) is 11.8 Å². The number of carbonyl (C=O) groups excluding carboxylic acids is 3. The molecule has 0 aliphatic carbocycles. The molecule has 0 aromatic heterocycles. The Hall–Kier alpha value is -3.15. The molecule has 0 fully saturated rings. The Kier molecular flexibility index (Phi) is 5.22. The van der Waals surface area contributed by atoms with Crippen LogP contribution in [0.15, 0.2) is 48.5 Å². The molecule has 6 nitrogen and oxygen atoms in total. The number of hydrogen-bond donors (Lipinski definition) is 3. The van der Waals surface area contributed by atoms with Gasteiger partial charge in [-0.3, -0.25) is 14.4 Å². The number of hydrogen-bond acceptors (Lipinski definition) is 3. The number of nitrogens with one attached hydrogen (secondary N) is 2. The van der Waals surface area contributed by atoms with Crippen molar-refractivity contribution >= 4 is 29.1 Å². The van der Waals surface area contributed by atoms with E-state index in [1.165, 1.54) is 6.07 Å². The van der Waals surface area contributed by atoms with Crippen LogP contribution in [0.2, 0.25) is 0 Å². The van der Waals surface area contributed by atoms with Gasteiger partial charge in [0.2, 0.25) is 11.8 Å². The molecule has 2 aromatic carbocycles. The number of carbonyl (C=O) groups is 3. The number of benzene rings is 2. The molecule has 4 N–H and O–H groups in total. The number of primary amides is 1. The van der Waals surface area contributed by atoms with Gasteiger partial charge in [0.05, 0.1) is 0 Å². The molecule has 25 heavy (non-hydrogen) atoms. The lowest BCUT2D eigenvalue weighted by Gasteiger charge is -2.18. The van der Waals surface area contributed by atoms with E-state index in [1.807, 2.05) is 20.8 Å². The standard InChI is InChI=1S/C19H21N3O3/c1-19(2,3)18(25)22-15-9-5-7-13(11-15)17(24)21-14-8-4-6-12(10-14)16(20)23/h4-11H,1-3H3,(H2,20,23)(H,21,24)(H,22,25). The smallest absolute Gasteiger partial charge is 0.255 e. The van der Waals surface area contributed by atoms with E-state index in [4.69, 9.17) is 5.73 Å². The van der Waals surface area contributed by atoms with Crippen LogP contribution in [0.3, 0.4) is 0 Å². The van der Waals surface area contributed by atoms with E-state index < -0.39 is 11.3 Å². The monoisotopic (exact) mass is 339 g/mol. The van der Waals surface area contributed by atoms with Gasteiger partial charge in [0.15, 0.2) is 0 Å². The van der Waals surface area contributed by atoms with Crippen molar-refractivity contribution in [3.8, 4) is 0 Å². The maximum Gasteiger partial charge on any atom is 0.255 e. The summed E-state index contributed by atoms with van der Waals surface area (Å²) >= 11 is 0. The molecule has 6 heteroatoms. The zero-order valence-electron chi connectivity index (χ0n) is 14.4. The summed E-state index contributed by atoms with van der Waals surface area (Å²) in [5, 5.41) is 5.49. The molecule has 0 radical (unpaired) electrons. The van der Waals surface area contributed by atoms with Crippen molar-refractivity contribution in [2.24, 2.45) is 11.1 Å². The maximum atomic E-state index is 12.4. The fourth-order valence-electron chi connectivity index (χ4n) is 2.01. The maximum absolute atomic E-state index is 12.4. The van der Waals surface area contributed by atoms with Crippen molar-refractivity contribution in [2.45, 2.75) is 20.8 Å². The largest absolute Gasteiger partial charge is 0.366 e. The van der Waals surface area contributed by atoms with Crippen molar-refractivity contribution in [2.75, 3.05) is 10.6 Å². The molecule has 0 heterocycles. The molecule has 0 unspecified atom stereocenters. The predicted octanol–water partition coefficient (Wildman–Crippen LogP) is 3.02. The lowest BCUT2D eigenvalue weighted by molar-refractivity contribution is -0.123. The minimum absolute atomic E-state index is 0.140.